The number of amides is 1. The van der Waals surface area contributed by atoms with E-state index in [2.05, 4.69) is 12.2 Å². The molecule has 0 radical (unpaired) electrons. The standard InChI is InChI=1S/C12H21NO3/c1-7-5-8(6-7)10(14)13-9(11(15)16)12(2,3)4/h7-9H,5-6H2,1-4H3,(H,13,14)(H,15,16). The first-order chi connectivity index (χ1) is 7.21. The second kappa shape index (κ2) is 4.44. The van der Waals surface area contributed by atoms with Gasteiger partial charge >= 0.3 is 5.97 Å². The second-order valence-corrected chi connectivity index (χ2v) is 5.92. The third-order valence-corrected chi connectivity index (χ3v) is 3.14. The van der Waals surface area contributed by atoms with Gasteiger partial charge in [-0.15, -0.1) is 0 Å². The first kappa shape index (κ1) is 13.0. The summed E-state index contributed by atoms with van der Waals surface area (Å²) < 4.78 is 0. The Labute approximate surface area is 96.4 Å². The van der Waals surface area contributed by atoms with E-state index in [0.717, 1.165) is 12.8 Å². The molecule has 16 heavy (non-hydrogen) atoms. The van der Waals surface area contributed by atoms with Gasteiger partial charge in [0.25, 0.3) is 0 Å². The first-order valence-corrected chi connectivity index (χ1v) is 5.75. The quantitative estimate of drug-likeness (QED) is 0.770. The smallest absolute Gasteiger partial charge is 0.326 e. The molecule has 0 heterocycles. The molecule has 1 saturated carbocycles. The minimum Gasteiger partial charge on any atom is -0.480 e. The summed E-state index contributed by atoms with van der Waals surface area (Å²) >= 11 is 0. The number of rotatable bonds is 3. The minimum absolute atomic E-state index is 0.0131. The number of nitrogens with one attached hydrogen (secondary N) is 1. The fourth-order valence-electron chi connectivity index (χ4n) is 2.03. The average molecular weight is 227 g/mol. The van der Waals surface area contributed by atoms with Crippen molar-refractivity contribution >= 4 is 11.9 Å². The lowest BCUT2D eigenvalue weighted by Gasteiger charge is -2.34. The SMILES string of the molecule is CC1CC(C(=O)NC(C(=O)O)C(C)(C)C)C1. The molecule has 0 aromatic heterocycles. The van der Waals surface area contributed by atoms with Crippen molar-refractivity contribution in [3.8, 4) is 0 Å². The summed E-state index contributed by atoms with van der Waals surface area (Å²) in [6.45, 7) is 7.54. The Hall–Kier alpha value is -1.06. The Bertz CT molecular complexity index is 287. The minimum atomic E-state index is -0.965. The summed E-state index contributed by atoms with van der Waals surface area (Å²) in [5, 5.41) is 11.7. The number of hydrogen-bond acceptors (Lipinski definition) is 2. The molecule has 4 nitrogen and oxygen atoms in total. The lowest BCUT2D eigenvalue weighted by atomic mass is 9.75. The van der Waals surface area contributed by atoms with Crippen LogP contribution in [-0.2, 0) is 9.59 Å². The molecule has 2 N–H and O–H groups in total. The van der Waals surface area contributed by atoms with Gasteiger partial charge in [-0.2, -0.15) is 0 Å². The van der Waals surface area contributed by atoms with Crippen molar-refractivity contribution in [2.75, 3.05) is 0 Å². The third-order valence-electron chi connectivity index (χ3n) is 3.14. The number of carboxylic acid groups (broad SMARTS) is 1. The van der Waals surface area contributed by atoms with Crippen LogP contribution in [-0.4, -0.2) is 23.0 Å². The Balaban J connectivity index is 2.56. The van der Waals surface area contributed by atoms with Gasteiger partial charge in [0.15, 0.2) is 0 Å². The molecule has 0 bridgehead atoms. The van der Waals surface area contributed by atoms with Gasteiger partial charge in [-0.3, -0.25) is 4.79 Å². The van der Waals surface area contributed by atoms with Gasteiger partial charge < -0.3 is 10.4 Å². The van der Waals surface area contributed by atoms with E-state index in [9.17, 15) is 9.59 Å². The number of aliphatic carboxylic acids is 1. The van der Waals surface area contributed by atoms with E-state index < -0.39 is 17.4 Å². The molecule has 0 saturated heterocycles. The third kappa shape index (κ3) is 2.97. The topological polar surface area (TPSA) is 66.4 Å². The summed E-state index contributed by atoms with van der Waals surface area (Å²) in [6, 6.07) is -0.809. The van der Waals surface area contributed by atoms with Crippen molar-refractivity contribution < 1.29 is 14.7 Å². The molecular weight excluding hydrogens is 206 g/mol. The van der Waals surface area contributed by atoms with Crippen molar-refractivity contribution in [2.24, 2.45) is 17.3 Å². The van der Waals surface area contributed by atoms with E-state index in [4.69, 9.17) is 5.11 Å². The van der Waals surface area contributed by atoms with Crippen LogP contribution in [0.1, 0.15) is 40.5 Å². The highest BCUT2D eigenvalue weighted by atomic mass is 16.4. The number of hydrogen-bond donors (Lipinski definition) is 2. The summed E-state index contributed by atoms with van der Waals surface area (Å²) in [5.74, 6) is -0.471. The van der Waals surface area contributed by atoms with Crippen LogP contribution in [0.25, 0.3) is 0 Å². The fourth-order valence-corrected chi connectivity index (χ4v) is 2.03. The first-order valence-electron chi connectivity index (χ1n) is 5.75. The van der Waals surface area contributed by atoms with Crippen LogP contribution in [0.4, 0.5) is 0 Å². The maximum atomic E-state index is 11.8. The van der Waals surface area contributed by atoms with E-state index >= 15 is 0 Å². The second-order valence-electron chi connectivity index (χ2n) is 5.92. The molecular formula is C12H21NO3. The number of carboxylic acids is 1. The zero-order valence-corrected chi connectivity index (χ0v) is 10.4. The van der Waals surface area contributed by atoms with E-state index in [1.54, 1.807) is 0 Å². The maximum absolute atomic E-state index is 11.8. The number of carbonyl (C=O) groups excluding carboxylic acids is 1. The molecule has 1 unspecified atom stereocenters. The molecule has 1 aliphatic rings. The number of carbonyl (C=O) groups is 2. The summed E-state index contributed by atoms with van der Waals surface area (Å²) in [4.78, 5) is 22.8. The summed E-state index contributed by atoms with van der Waals surface area (Å²) in [6.07, 6.45) is 1.75. The van der Waals surface area contributed by atoms with Crippen LogP contribution in [0.3, 0.4) is 0 Å². The molecule has 1 amide bonds. The molecule has 0 aliphatic heterocycles. The highest BCUT2D eigenvalue weighted by Crippen LogP contribution is 2.33. The van der Waals surface area contributed by atoms with Crippen molar-refractivity contribution in [3.63, 3.8) is 0 Å². The van der Waals surface area contributed by atoms with Crippen LogP contribution >= 0.6 is 0 Å². The monoisotopic (exact) mass is 227 g/mol. The van der Waals surface area contributed by atoms with Crippen LogP contribution in [0.15, 0.2) is 0 Å². The normalized spacial score (nSPS) is 26.8. The van der Waals surface area contributed by atoms with E-state index in [1.165, 1.54) is 0 Å². The molecule has 0 spiro atoms. The van der Waals surface area contributed by atoms with Gasteiger partial charge in [0.1, 0.15) is 6.04 Å². The predicted octanol–water partition coefficient (Wildman–Crippen LogP) is 1.65. The zero-order chi connectivity index (χ0) is 12.5. The van der Waals surface area contributed by atoms with Crippen molar-refractivity contribution in [1.29, 1.82) is 0 Å². The Morgan fingerprint density at radius 3 is 2.12 bits per heavy atom. The maximum Gasteiger partial charge on any atom is 0.326 e. The highest BCUT2D eigenvalue weighted by molar-refractivity contribution is 5.85. The Kier molecular flexibility index (Phi) is 3.61. The molecule has 1 atom stereocenters. The Morgan fingerprint density at radius 1 is 1.31 bits per heavy atom. The average Bonchev–Trinajstić information content (AvgIpc) is 2.06. The molecule has 1 fully saturated rings. The highest BCUT2D eigenvalue weighted by Gasteiger charge is 2.37. The van der Waals surface area contributed by atoms with Gasteiger partial charge in [0, 0.05) is 5.92 Å². The molecule has 0 aromatic rings. The summed E-state index contributed by atoms with van der Waals surface area (Å²) in [5.41, 5.74) is -0.461. The molecule has 4 heteroatoms. The van der Waals surface area contributed by atoms with Crippen LogP contribution in [0, 0.1) is 17.3 Å². The molecule has 92 valence electrons. The van der Waals surface area contributed by atoms with Gasteiger partial charge in [-0.05, 0) is 24.2 Å². The summed E-state index contributed by atoms with van der Waals surface area (Å²) in [7, 11) is 0. The van der Waals surface area contributed by atoms with Crippen molar-refractivity contribution in [1.82, 2.24) is 5.32 Å². The zero-order valence-electron chi connectivity index (χ0n) is 10.4. The van der Waals surface area contributed by atoms with Crippen LogP contribution in [0.5, 0.6) is 0 Å². The predicted molar refractivity (Wildman–Crippen MR) is 60.9 cm³/mol. The lowest BCUT2D eigenvalue weighted by molar-refractivity contribution is -0.146. The van der Waals surface area contributed by atoms with E-state index in [0.29, 0.717) is 5.92 Å². The largest absolute Gasteiger partial charge is 0.480 e. The van der Waals surface area contributed by atoms with Gasteiger partial charge in [0.05, 0.1) is 0 Å². The van der Waals surface area contributed by atoms with Crippen LogP contribution < -0.4 is 5.32 Å². The van der Waals surface area contributed by atoms with Gasteiger partial charge in [0.2, 0.25) is 5.91 Å². The fraction of sp³-hybridized carbons (Fsp3) is 0.833. The van der Waals surface area contributed by atoms with E-state index in [1.807, 2.05) is 20.8 Å². The lowest BCUT2D eigenvalue weighted by Crippen LogP contribution is -2.52. The van der Waals surface area contributed by atoms with Crippen molar-refractivity contribution in [3.05, 3.63) is 0 Å². The van der Waals surface area contributed by atoms with Gasteiger partial charge in [-0.1, -0.05) is 27.7 Å². The van der Waals surface area contributed by atoms with E-state index in [-0.39, 0.29) is 11.8 Å². The van der Waals surface area contributed by atoms with Crippen LogP contribution in [0.2, 0.25) is 0 Å². The molecule has 0 aromatic carbocycles. The Morgan fingerprint density at radius 2 is 1.81 bits per heavy atom. The molecule has 1 rings (SSSR count). The van der Waals surface area contributed by atoms with Gasteiger partial charge in [-0.25, -0.2) is 4.79 Å². The van der Waals surface area contributed by atoms with Crippen molar-refractivity contribution in [2.45, 2.75) is 46.6 Å². The molecule has 1 aliphatic carbocycles.